The van der Waals surface area contributed by atoms with Crippen molar-refractivity contribution in [2.24, 2.45) is 0 Å². The number of hydrogen-bond donors (Lipinski definition) is 1. The highest BCUT2D eigenvalue weighted by Crippen LogP contribution is 2.34. The highest BCUT2D eigenvalue weighted by molar-refractivity contribution is 7.13. The molecule has 0 aliphatic carbocycles. The monoisotopic (exact) mass is 499 g/mol. The summed E-state index contributed by atoms with van der Waals surface area (Å²) in [5.74, 6) is 0.886. The van der Waals surface area contributed by atoms with Gasteiger partial charge < -0.3 is 14.8 Å². The van der Waals surface area contributed by atoms with Crippen LogP contribution >= 0.6 is 34.5 Å². The van der Waals surface area contributed by atoms with Gasteiger partial charge in [0.15, 0.2) is 11.5 Å². The van der Waals surface area contributed by atoms with Crippen LogP contribution in [0.5, 0.6) is 11.5 Å². The summed E-state index contributed by atoms with van der Waals surface area (Å²) in [6.45, 7) is 0.677. The van der Waals surface area contributed by atoms with E-state index in [9.17, 15) is 4.79 Å². The first-order valence-corrected chi connectivity index (χ1v) is 11.5. The molecule has 33 heavy (non-hydrogen) atoms. The number of hydrogen-bond acceptors (Lipinski definition) is 6. The van der Waals surface area contributed by atoms with Crippen LogP contribution in [0, 0.1) is 0 Å². The molecule has 0 saturated heterocycles. The van der Waals surface area contributed by atoms with E-state index in [0.717, 1.165) is 16.7 Å². The molecule has 0 aliphatic heterocycles. The number of benzene rings is 2. The molecule has 2 aromatic heterocycles. The summed E-state index contributed by atoms with van der Waals surface area (Å²) in [5.41, 5.74) is 2.96. The largest absolute Gasteiger partial charge is 0.493 e. The quantitative estimate of drug-likeness (QED) is 0.320. The average Bonchev–Trinajstić information content (AvgIpc) is 3.33. The lowest BCUT2D eigenvalue weighted by molar-refractivity contribution is 0.0946. The van der Waals surface area contributed by atoms with E-state index in [0.29, 0.717) is 38.8 Å². The molecule has 2 heterocycles. The molecule has 4 aromatic rings. The van der Waals surface area contributed by atoms with Gasteiger partial charge in [-0.2, -0.15) is 0 Å². The molecule has 0 saturated carbocycles. The van der Waals surface area contributed by atoms with Crippen molar-refractivity contribution in [1.29, 1.82) is 0 Å². The molecule has 0 unspecified atom stereocenters. The van der Waals surface area contributed by atoms with Crippen LogP contribution in [0.2, 0.25) is 10.0 Å². The third kappa shape index (κ3) is 5.82. The number of halogens is 2. The van der Waals surface area contributed by atoms with Crippen molar-refractivity contribution in [1.82, 2.24) is 15.3 Å². The van der Waals surface area contributed by atoms with Crippen molar-refractivity contribution < 1.29 is 14.3 Å². The topological polar surface area (TPSA) is 73.3 Å². The number of amides is 1. The molecular weight excluding hydrogens is 481 g/mol. The second-order valence-corrected chi connectivity index (χ2v) is 8.67. The molecule has 1 amide bonds. The first-order chi connectivity index (χ1) is 16.0. The summed E-state index contributed by atoms with van der Waals surface area (Å²) in [4.78, 5) is 20.9. The molecular formula is C24H19Cl2N3O3S. The second-order valence-electron chi connectivity index (χ2n) is 6.97. The standard InChI is InChI=1S/C24H19Cl2N3O3S/c1-31-22-10-16(3-5-21(22)32-13-17-2-4-18(25)11-19(17)26)24-29-20(14-33-24)23(30)28-12-15-6-8-27-9-7-15/h2-11,14H,12-13H2,1H3,(H,28,30). The summed E-state index contributed by atoms with van der Waals surface area (Å²) in [6.07, 6.45) is 3.38. The van der Waals surface area contributed by atoms with Gasteiger partial charge in [0.1, 0.15) is 17.3 Å². The lowest BCUT2D eigenvalue weighted by Gasteiger charge is -2.12. The number of carbonyl (C=O) groups excluding carboxylic acids is 1. The van der Waals surface area contributed by atoms with E-state index < -0.39 is 0 Å². The van der Waals surface area contributed by atoms with Gasteiger partial charge >= 0.3 is 0 Å². The Bertz CT molecular complexity index is 1270. The van der Waals surface area contributed by atoms with Gasteiger partial charge in [-0.1, -0.05) is 29.3 Å². The number of ether oxygens (including phenoxy) is 2. The Balaban J connectivity index is 1.44. The zero-order valence-electron chi connectivity index (χ0n) is 17.5. The number of methoxy groups -OCH3 is 1. The van der Waals surface area contributed by atoms with Crippen molar-refractivity contribution in [2.75, 3.05) is 7.11 Å². The summed E-state index contributed by atoms with van der Waals surface area (Å²) >= 11 is 13.6. The fourth-order valence-electron chi connectivity index (χ4n) is 3.00. The van der Waals surface area contributed by atoms with Gasteiger partial charge in [-0.15, -0.1) is 11.3 Å². The van der Waals surface area contributed by atoms with Crippen molar-refractivity contribution >= 4 is 40.4 Å². The Morgan fingerprint density at radius 3 is 2.64 bits per heavy atom. The van der Waals surface area contributed by atoms with E-state index in [4.69, 9.17) is 32.7 Å². The lowest BCUT2D eigenvalue weighted by atomic mass is 10.2. The van der Waals surface area contributed by atoms with Gasteiger partial charge in [-0.05, 0) is 48.0 Å². The molecule has 4 rings (SSSR count). The minimum Gasteiger partial charge on any atom is -0.493 e. The predicted octanol–water partition coefficient (Wildman–Crippen LogP) is 6.03. The maximum absolute atomic E-state index is 12.5. The number of rotatable bonds is 8. The second kappa shape index (κ2) is 10.7. The minimum atomic E-state index is -0.235. The van der Waals surface area contributed by atoms with E-state index in [1.54, 1.807) is 37.0 Å². The van der Waals surface area contributed by atoms with Crippen molar-refractivity contribution in [3.8, 4) is 22.1 Å². The summed E-state index contributed by atoms with van der Waals surface area (Å²) in [5, 5.41) is 6.41. The Hall–Kier alpha value is -3.13. The molecule has 2 aromatic carbocycles. The third-order valence-electron chi connectivity index (χ3n) is 4.75. The molecule has 1 N–H and O–H groups in total. The van der Waals surface area contributed by atoms with E-state index in [1.807, 2.05) is 36.4 Å². The van der Waals surface area contributed by atoms with Crippen LogP contribution in [0.4, 0.5) is 0 Å². The fraction of sp³-hybridized carbons (Fsp3) is 0.125. The first-order valence-electron chi connectivity index (χ1n) is 9.91. The number of aromatic nitrogens is 2. The highest BCUT2D eigenvalue weighted by Gasteiger charge is 2.14. The number of nitrogens with one attached hydrogen (secondary N) is 1. The third-order valence-corrected chi connectivity index (χ3v) is 6.23. The van der Waals surface area contributed by atoms with E-state index in [-0.39, 0.29) is 12.5 Å². The average molecular weight is 500 g/mol. The van der Waals surface area contributed by atoms with E-state index in [1.165, 1.54) is 11.3 Å². The zero-order chi connectivity index (χ0) is 23.2. The highest BCUT2D eigenvalue weighted by atomic mass is 35.5. The van der Waals surface area contributed by atoms with Gasteiger partial charge in [0, 0.05) is 45.5 Å². The molecule has 0 spiro atoms. The Labute approximate surface area is 205 Å². The van der Waals surface area contributed by atoms with Crippen LogP contribution < -0.4 is 14.8 Å². The Kier molecular flexibility index (Phi) is 7.44. The van der Waals surface area contributed by atoms with Crippen molar-refractivity contribution in [2.45, 2.75) is 13.2 Å². The minimum absolute atomic E-state index is 0.235. The van der Waals surface area contributed by atoms with Crippen LogP contribution in [0.25, 0.3) is 10.6 Å². The number of nitrogens with zero attached hydrogens (tertiary/aromatic N) is 2. The molecule has 9 heteroatoms. The maximum atomic E-state index is 12.5. The molecule has 168 valence electrons. The van der Waals surface area contributed by atoms with E-state index in [2.05, 4.69) is 15.3 Å². The van der Waals surface area contributed by atoms with Crippen molar-refractivity contribution in [3.63, 3.8) is 0 Å². The summed E-state index contributed by atoms with van der Waals surface area (Å²) in [7, 11) is 1.57. The van der Waals surface area contributed by atoms with Gasteiger partial charge in [-0.3, -0.25) is 9.78 Å². The van der Waals surface area contributed by atoms with Crippen LogP contribution in [0.3, 0.4) is 0 Å². The van der Waals surface area contributed by atoms with Crippen LogP contribution in [0.15, 0.2) is 66.3 Å². The van der Waals surface area contributed by atoms with E-state index >= 15 is 0 Å². The van der Waals surface area contributed by atoms with Gasteiger partial charge in [0.25, 0.3) is 5.91 Å². The molecule has 0 fully saturated rings. The zero-order valence-corrected chi connectivity index (χ0v) is 19.9. The number of pyridine rings is 1. The molecule has 0 bridgehead atoms. The normalized spacial score (nSPS) is 10.6. The molecule has 0 atom stereocenters. The molecule has 0 aliphatic rings. The van der Waals surface area contributed by atoms with Gasteiger partial charge in [0.2, 0.25) is 0 Å². The molecule has 6 nitrogen and oxygen atoms in total. The lowest BCUT2D eigenvalue weighted by Crippen LogP contribution is -2.23. The van der Waals surface area contributed by atoms with Crippen LogP contribution in [0.1, 0.15) is 21.6 Å². The maximum Gasteiger partial charge on any atom is 0.271 e. The Morgan fingerprint density at radius 2 is 1.88 bits per heavy atom. The smallest absolute Gasteiger partial charge is 0.271 e. The van der Waals surface area contributed by atoms with Crippen LogP contribution in [-0.2, 0) is 13.2 Å². The van der Waals surface area contributed by atoms with Gasteiger partial charge in [-0.25, -0.2) is 4.98 Å². The predicted molar refractivity (Wildman–Crippen MR) is 130 cm³/mol. The summed E-state index contributed by atoms with van der Waals surface area (Å²) in [6, 6.07) is 14.5. The number of carbonyl (C=O) groups is 1. The number of thiazole rings is 1. The molecule has 0 radical (unpaired) electrons. The Morgan fingerprint density at radius 1 is 1.06 bits per heavy atom. The first kappa shape index (κ1) is 23.0. The SMILES string of the molecule is COc1cc(-c2nc(C(=O)NCc3ccncc3)cs2)ccc1OCc1ccc(Cl)cc1Cl. The summed E-state index contributed by atoms with van der Waals surface area (Å²) < 4.78 is 11.4. The van der Waals surface area contributed by atoms with Crippen molar-refractivity contribution in [3.05, 3.63) is 93.2 Å². The van der Waals surface area contributed by atoms with Crippen LogP contribution in [-0.4, -0.2) is 23.0 Å². The van der Waals surface area contributed by atoms with Gasteiger partial charge in [0.05, 0.1) is 7.11 Å². The fourth-order valence-corrected chi connectivity index (χ4v) is 4.26.